The van der Waals surface area contributed by atoms with Crippen molar-refractivity contribution in [2.75, 3.05) is 26.4 Å². The van der Waals surface area contributed by atoms with E-state index in [1.165, 1.54) is 231 Å². The molecule has 0 saturated heterocycles. The van der Waals surface area contributed by atoms with Gasteiger partial charge in [-0.3, -0.25) is 9.13 Å². The molecular formula is C56H118O8P2Sn. The van der Waals surface area contributed by atoms with E-state index in [1.807, 2.05) is 0 Å². The Bertz CT molecular complexity index is 844. The first-order valence-electron chi connectivity index (χ1n) is 29.6. The van der Waals surface area contributed by atoms with Crippen LogP contribution in [-0.2, 0) is 27.2 Å². The quantitative estimate of drug-likeness (QED) is 0.0336. The van der Waals surface area contributed by atoms with E-state index in [-0.39, 0.29) is 47.6 Å². The fourth-order valence-electron chi connectivity index (χ4n) is 7.87. The average molecular weight is 1100 g/mol. The molecule has 0 aromatic rings. The summed E-state index contributed by atoms with van der Waals surface area (Å²) in [5.41, 5.74) is 0. The standard InChI is InChI=1S/2C24H51O4P.2C4H9.Sn/c2*1-3-5-7-9-11-13-15-17-19-21-23-27-29(25,26)28-24-22-20-18-16-14-12-10-8-6-4-2;2*1-3-4-2;/h2*3-24H2,1-2H3,(H,25,26);2*1,3-4H2,2H3;/q;;;;+2/p-2. The van der Waals surface area contributed by atoms with Crippen molar-refractivity contribution in [3.05, 3.63) is 0 Å². The summed E-state index contributed by atoms with van der Waals surface area (Å²) in [5, 5.41) is 0. The van der Waals surface area contributed by atoms with Crippen LogP contribution in [0.25, 0.3) is 0 Å². The van der Waals surface area contributed by atoms with Crippen LogP contribution >= 0.6 is 15.6 Å². The monoisotopic (exact) mass is 1100 g/mol. The second-order valence-corrected chi connectivity index (χ2v) is 26.5. The Balaban J connectivity index is -0.00000103. The van der Waals surface area contributed by atoms with Gasteiger partial charge in [0.25, 0.3) is 15.6 Å². The van der Waals surface area contributed by atoms with Crippen molar-refractivity contribution in [1.29, 1.82) is 0 Å². The second kappa shape index (κ2) is 63.1. The molecular weight excluding hydrogens is 981 g/mol. The van der Waals surface area contributed by atoms with Gasteiger partial charge >= 0.3 is 69.5 Å². The van der Waals surface area contributed by atoms with Crippen molar-refractivity contribution in [3.8, 4) is 0 Å². The number of phosphoric ester groups is 2. The Morgan fingerprint density at radius 3 is 0.567 bits per heavy atom. The Kier molecular flexibility index (Phi) is 68.1. The number of phosphoric acid groups is 2. The molecule has 8 nitrogen and oxygen atoms in total. The Morgan fingerprint density at radius 1 is 0.254 bits per heavy atom. The fraction of sp³-hybridized carbons (Fsp3) is 1.00. The molecule has 0 amide bonds. The minimum atomic E-state index is -4.10. The maximum absolute atomic E-state index is 11.7. The summed E-state index contributed by atoms with van der Waals surface area (Å²) in [6.07, 6.45) is 54.8. The Hall–Kier alpha value is 1.02. The topological polar surface area (TPSA) is 117 Å². The van der Waals surface area contributed by atoms with Gasteiger partial charge < -0.3 is 27.9 Å². The summed E-state index contributed by atoms with van der Waals surface area (Å²) in [4.78, 5) is 23.5. The third-order valence-corrected chi connectivity index (χ3v) is 18.4. The normalized spacial score (nSPS) is 11.6. The number of hydrogen-bond acceptors (Lipinski definition) is 8. The molecule has 0 aromatic carbocycles. The van der Waals surface area contributed by atoms with Crippen LogP contribution in [-0.4, -0.2) is 47.6 Å². The number of hydrogen-bond donors (Lipinski definition) is 0. The Labute approximate surface area is 430 Å². The number of unbranched alkanes of at least 4 members (excludes halogenated alkanes) is 38. The molecule has 0 rings (SSSR count). The molecule has 0 aromatic heterocycles. The van der Waals surface area contributed by atoms with Crippen LogP contribution in [0.2, 0.25) is 8.87 Å². The second-order valence-electron chi connectivity index (χ2n) is 19.4. The molecule has 67 heavy (non-hydrogen) atoms. The van der Waals surface area contributed by atoms with Gasteiger partial charge in [-0.2, -0.15) is 0 Å². The molecule has 11 heteroatoms. The molecule has 0 unspecified atom stereocenters. The van der Waals surface area contributed by atoms with E-state index in [4.69, 9.17) is 18.1 Å². The van der Waals surface area contributed by atoms with E-state index < -0.39 is 15.6 Å². The van der Waals surface area contributed by atoms with Crippen LogP contribution in [0, 0.1) is 0 Å². The first-order chi connectivity index (χ1) is 32.7. The summed E-state index contributed by atoms with van der Waals surface area (Å²) >= 11 is 0.149. The van der Waals surface area contributed by atoms with Gasteiger partial charge in [0, 0.05) is 0 Å². The summed E-state index contributed by atoms with van der Waals surface area (Å²) in [7, 11) is -8.19. The van der Waals surface area contributed by atoms with Gasteiger partial charge in [-0.1, -0.05) is 259 Å². The Morgan fingerprint density at radius 2 is 0.403 bits per heavy atom. The molecule has 0 aliphatic carbocycles. The first kappa shape index (κ1) is 72.3. The zero-order valence-electron chi connectivity index (χ0n) is 46.0. The van der Waals surface area contributed by atoms with Crippen molar-refractivity contribution in [1.82, 2.24) is 0 Å². The van der Waals surface area contributed by atoms with Crippen molar-refractivity contribution >= 4 is 36.8 Å². The van der Waals surface area contributed by atoms with Gasteiger partial charge in [-0.25, -0.2) is 0 Å². The number of rotatable bonds is 54. The van der Waals surface area contributed by atoms with Gasteiger partial charge in [0.1, 0.15) is 0 Å². The maximum atomic E-state index is 11.7. The predicted octanol–water partition coefficient (Wildman–Crippen LogP) is 19.8. The van der Waals surface area contributed by atoms with Gasteiger partial charge in [0.2, 0.25) is 0 Å². The zero-order valence-corrected chi connectivity index (χ0v) is 50.7. The van der Waals surface area contributed by atoms with E-state index >= 15 is 0 Å². The minimum absolute atomic E-state index is 0.149. The van der Waals surface area contributed by atoms with Crippen molar-refractivity contribution < 1.29 is 37.0 Å². The van der Waals surface area contributed by atoms with Gasteiger partial charge in [-0.15, -0.1) is 0 Å². The van der Waals surface area contributed by atoms with Crippen LogP contribution in [0.3, 0.4) is 0 Å². The zero-order chi connectivity index (χ0) is 49.9. The van der Waals surface area contributed by atoms with Crippen LogP contribution in [0.15, 0.2) is 0 Å². The average Bonchev–Trinajstić information content (AvgIpc) is 3.31. The molecule has 0 aliphatic rings. The van der Waals surface area contributed by atoms with Crippen LogP contribution in [0.4, 0.5) is 0 Å². The van der Waals surface area contributed by atoms with Crippen LogP contribution in [0.5, 0.6) is 0 Å². The van der Waals surface area contributed by atoms with Crippen molar-refractivity contribution in [2.24, 2.45) is 0 Å². The third-order valence-electron chi connectivity index (χ3n) is 12.4. The van der Waals surface area contributed by atoms with Gasteiger partial charge in [0.05, 0.1) is 26.4 Å². The fourth-order valence-corrected chi connectivity index (χ4v) is 13.6. The van der Waals surface area contributed by atoms with Crippen LogP contribution < -0.4 is 9.79 Å². The van der Waals surface area contributed by atoms with E-state index in [1.54, 1.807) is 8.87 Å². The summed E-state index contributed by atoms with van der Waals surface area (Å²) in [5.74, 6) is 0. The molecule has 0 bridgehead atoms. The molecule has 0 N–H and O–H groups in total. The van der Waals surface area contributed by atoms with Crippen LogP contribution in [0.1, 0.15) is 324 Å². The van der Waals surface area contributed by atoms with Gasteiger partial charge in [0.15, 0.2) is 0 Å². The van der Waals surface area contributed by atoms with E-state index in [0.29, 0.717) is 0 Å². The predicted molar refractivity (Wildman–Crippen MR) is 292 cm³/mol. The summed E-state index contributed by atoms with van der Waals surface area (Å²) in [6, 6.07) is 0. The molecule has 0 aliphatic heterocycles. The third kappa shape index (κ3) is 71.3. The van der Waals surface area contributed by atoms with E-state index in [0.717, 1.165) is 51.4 Å². The molecule has 404 valence electrons. The van der Waals surface area contributed by atoms with Crippen molar-refractivity contribution in [3.63, 3.8) is 0 Å². The molecule has 0 atom stereocenters. The first-order valence-corrected chi connectivity index (χ1v) is 36.5. The summed E-state index contributed by atoms with van der Waals surface area (Å²) < 4.78 is 46.6. The SMILES string of the molecule is CCCCCCCCCCCCOP(=O)([O-])OCCCCCCCCCCCC.CCCCCCCCCCCCOP(=O)([O-])OCCCCCCCCCCCC.CCC[CH2][Sn+2][CH2]CCC. The molecule has 0 saturated carbocycles. The van der Waals surface area contributed by atoms with Gasteiger partial charge in [-0.05, 0) is 25.7 Å². The molecule has 0 radical (unpaired) electrons. The molecule has 0 heterocycles. The van der Waals surface area contributed by atoms with E-state index in [2.05, 4.69) is 41.5 Å². The molecule has 0 spiro atoms. The van der Waals surface area contributed by atoms with Crippen molar-refractivity contribution in [2.45, 2.75) is 333 Å². The van der Waals surface area contributed by atoms with E-state index in [9.17, 15) is 18.9 Å². The molecule has 0 fully saturated rings. The summed E-state index contributed by atoms with van der Waals surface area (Å²) in [6.45, 7) is 14.6.